The number of rotatable bonds is 3. The number of aromatic nitrogens is 1. The van der Waals surface area contributed by atoms with Crippen LogP contribution >= 0.6 is 0 Å². The van der Waals surface area contributed by atoms with Crippen LogP contribution < -0.4 is 4.74 Å². The van der Waals surface area contributed by atoms with E-state index in [0.717, 1.165) is 32.0 Å². The lowest BCUT2D eigenvalue weighted by molar-refractivity contribution is -0.110. The van der Waals surface area contributed by atoms with E-state index in [2.05, 4.69) is 9.88 Å². The molecule has 1 aliphatic heterocycles. The largest absolute Gasteiger partial charge is 0.469 e. The van der Waals surface area contributed by atoms with Crippen LogP contribution in [0.5, 0.6) is 5.88 Å². The maximum absolute atomic E-state index is 13.7. The van der Waals surface area contributed by atoms with E-state index in [4.69, 9.17) is 9.47 Å². The molecule has 2 heterocycles. The second-order valence-electron chi connectivity index (χ2n) is 6.25. The summed E-state index contributed by atoms with van der Waals surface area (Å²) >= 11 is 0. The van der Waals surface area contributed by atoms with Crippen molar-refractivity contribution in [1.29, 1.82) is 0 Å². The highest BCUT2D eigenvalue weighted by Crippen LogP contribution is 2.37. The average Bonchev–Trinajstić information content (AvgIpc) is 2.84. The second kappa shape index (κ2) is 5.54. The molecule has 0 aromatic carbocycles. The van der Waals surface area contributed by atoms with Gasteiger partial charge in [-0.2, -0.15) is 0 Å². The van der Waals surface area contributed by atoms with Crippen molar-refractivity contribution in [2.45, 2.75) is 56.4 Å². The van der Waals surface area contributed by atoms with E-state index < -0.39 is 5.82 Å². The van der Waals surface area contributed by atoms with Gasteiger partial charge in [0, 0.05) is 24.8 Å². The van der Waals surface area contributed by atoms with Gasteiger partial charge in [-0.05, 0) is 37.8 Å². The number of hydrogen-bond acceptors (Lipinski definition) is 4. The molecule has 1 aromatic heterocycles. The number of pyridine rings is 1. The average molecular weight is 292 g/mol. The Hall–Kier alpha value is -1.20. The molecule has 3 aliphatic rings. The summed E-state index contributed by atoms with van der Waals surface area (Å²) in [4.78, 5) is 6.60. The molecule has 5 heteroatoms. The van der Waals surface area contributed by atoms with Crippen molar-refractivity contribution in [2.75, 3.05) is 13.2 Å². The van der Waals surface area contributed by atoms with Crippen molar-refractivity contribution in [2.24, 2.45) is 0 Å². The molecule has 0 radical (unpaired) electrons. The Bertz CT molecular complexity index is 509. The van der Waals surface area contributed by atoms with Gasteiger partial charge in [-0.25, -0.2) is 9.37 Å². The van der Waals surface area contributed by atoms with E-state index in [9.17, 15) is 4.39 Å². The highest BCUT2D eigenvalue weighted by molar-refractivity contribution is 5.14. The van der Waals surface area contributed by atoms with Crippen LogP contribution in [0.4, 0.5) is 4.39 Å². The first kappa shape index (κ1) is 13.5. The van der Waals surface area contributed by atoms with Gasteiger partial charge in [0.15, 0.2) is 5.82 Å². The third-order valence-electron chi connectivity index (χ3n) is 5.11. The van der Waals surface area contributed by atoms with Crippen molar-refractivity contribution in [3.8, 4) is 5.88 Å². The molecule has 0 unspecified atom stereocenters. The van der Waals surface area contributed by atoms with Gasteiger partial charge in [0.25, 0.3) is 5.88 Å². The van der Waals surface area contributed by atoms with Crippen LogP contribution in [0.1, 0.15) is 32.1 Å². The maximum atomic E-state index is 13.7. The molecule has 4 nitrogen and oxygen atoms in total. The molecule has 2 saturated carbocycles. The summed E-state index contributed by atoms with van der Waals surface area (Å²) in [5.41, 5.74) is 0. The number of halogens is 1. The van der Waals surface area contributed by atoms with Gasteiger partial charge in [-0.15, -0.1) is 0 Å². The monoisotopic (exact) mass is 292 g/mol. The van der Waals surface area contributed by atoms with E-state index in [1.165, 1.54) is 25.3 Å². The van der Waals surface area contributed by atoms with Crippen molar-refractivity contribution in [3.63, 3.8) is 0 Å². The molecule has 0 N–H and O–H groups in total. The highest BCUT2D eigenvalue weighted by atomic mass is 19.1. The Kier molecular flexibility index (Phi) is 3.55. The third-order valence-corrected chi connectivity index (χ3v) is 5.11. The topological polar surface area (TPSA) is 34.6 Å². The van der Waals surface area contributed by atoms with Crippen LogP contribution in [0.15, 0.2) is 18.3 Å². The molecule has 3 atom stereocenters. The number of ether oxygens (including phenoxy) is 2. The van der Waals surface area contributed by atoms with Gasteiger partial charge < -0.3 is 9.47 Å². The van der Waals surface area contributed by atoms with Gasteiger partial charge in [-0.3, -0.25) is 4.90 Å². The van der Waals surface area contributed by atoms with Crippen molar-refractivity contribution in [3.05, 3.63) is 24.1 Å². The van der Waals surface area contributed by atoms with Crippen LogP contribution in [-0.4, -0.2) is 47.3 Å². The van der Waals surface area contributed by atoms with Crippen LogP contribution in [-0.2, 0) is 4.74 Å². The van der Waals surface area contributed by atoms with E-state index in [1.54, 1.807) is 12.3 Å². The maximum Gasteiger partial charge on any atom is 0.250 e. The quantitative estimate of drug-likeness (QED) is 0.857. The Labute approximate surface area is 124 Å². The summed E-state index contributed by atoms with van der Waals surface area (Å²) in [5.74, 6) is -0.292. The van der Waals surface area contributed by atoms with E-state index in [0.29, 0.717) is 6.04 Å². The minimum absolute atomic E-state index is 0.0563. The van der Waals surface area contributed by atoms with Crippen LogP contribution in [0.3, 0.4) is 0 Å². The lowest BCUT2D eigenvalue weighted by atomic mass is 9.89. The first-order chi connectivity index (χ1) is 10.3. The zero-order chi connectivity index (χ0) is 14.2. The van der Waals surface area contributed by atoms with E-state index >= 15 is 0 Å². The minimum Gasteiger partial charge on any atom is -0.469 e. The number of nitrogens with zero attached hydrogens (tertiary/aromatic N) is 2. The molecule has 21 heavy (non-hydrogen) atoms. The molecule has 0 bridgehead atoms. The normalized spacial score (nSPS) is 33.5. The Balaban J connectivity index is 1.47. The molecule has 2 aliphatic carbocycles. The molecular formula is C16H21FN2O2. The predicted octanol–water partition coefficient (Wildman–Crippen LogP) is 2.38. The molecule has 1 aromatic rings. The lowest BCUT2D eigenvalue weighted by Crippen LogP contribution is -2.57. The van der Waals surface area contributed by atoms with Crippen LogP contribution in [0.25, 0.3) is 0 Å². The summed E-state index contributed by atoms with van der Waals surface area (Å²) < 4.78 is 25.5. The molecule has 0 spiro atoms. The zero-order valence-corrected chi connectivity index (χ0v) is 12.1. The summed E-state index contributed by atoms with van der Waals surface area (Å²) in [6.45, 7) is 1.78. The first-order valence-corrected chi connectivity index (χ1v) is 7.97. The fourth-order valence-electron chi connectivity index (χ4n) is 3.84. The Morgan fingerprint density at radius 1 is 1.29 bits per heavy atom. The van der Waals surface area contributed by atoms with Gasteiger partial charge in [0.05, 0.1) is 6.61 Å². The predicted molar refractivity (Wildman–Crippen MR) is 75.7 cm³/mol. The number of fused-ring (bicyclic) bond motifs is 1. The fraction of sp³-hybridized carbons (Fsp3) is 0.688. The first-order valence-electron chi connectivity index (χ1n) is 7.97. The summed E-state index contributed by atoms with van der Waals surface area (Å²) in [6, 6.07) is 4.12. The molecule has 4 rings (SSSR count). The summed E-state index contributed by atoms with van der Waals surface area (Å²) in [6.07, 6.45) is 7.48. The standard InChI is InChI=1S/C16H21FN2O2/c17-12-5-2-8-18-16(12)21-14-7-6-13-15(14)20-10-9-19(13)11-3-1-4-11/h2,5,8,11,13-15H,1,3-4,6-7,9-10H2/t13-,14+,15+/m0/s1. The lowest BCUT2D eigenvalue weighted by Gasteiger charge is -2.46. The van der Waals surface area contributed by atoms with Gasteiger partial charge in [0.2, 0.25) is 0 Å². The minimum atomic E-state index is -0.396. The molecule has 1 saturated heterocycles. The van der Waals surface area contributed by atoms with Gasteiger partial charge in [0.1, 0.15) is 12.2 Å². The Morgan fingerprint density at radius 3 is 2.95 bits per heavy atom. The van der Waals surface area contributed by atoms with E-state index in [1.807, 2.05) is 0 Å². The van der Waals surface area contributed by atoms with Crippen molar-refractivity contribution < 1.29 is 13.9 Å². The molecular weight excluding hydrogens is 271 g/mol. The molecule has 114 valence electrons. The van der Waals surface area contributed by atoms with Gasteiger partial charge >= 0.3 is 0 Å². The summed E-state index contributed by atoms with van der Waals surface area (Å²) in [7, 11) is 0. The molecule has 0 amide bonds. The van der Waals surface area contributed by atoms with Crippen molar-refractivity contribution in [1.82, 2.24) is 9.88 Å². The fourth-order valence-corrected chi connectivity index (χ4v) is 3.84. The van der Waals surface area contributed by atoms with Crippen molar-refractivity contribution >= 4 is 0 Å². The third kappa shape index (κ3) is 2.42. The Morgan fingerprint density at radius 2 is 2.19 bits per heavy atom. The zero-order valence-electron chi connectivity index (χ0n) is 12.1. The summed E-state index contributed by atoms with van der Waals surface area (Å²) in [5, 5.41) is 0. The number of hydrogen-bond donors (Lipinski definition) is 0. The van der Waals surface area contributed by atoms with Gasteiger partial charge in [-0.1, -0.05) is 6.42 Å². The van der Waals surface area contributed by atoms with Crippen LogP contribution in [0, 0.1) is 5.82 Å². The highest BCUT2D eigenvalue weighted by Gasteiger charge is 2.46. The second-order valence-corrected chi connectivity index (χ2v) is 6.25. The molecule has 3 fully saturated rings. The number of morpholine rings is 1. The van der Waals surface area contributed by atoms with E-state index in [-0.39, 0.29) is 18.1 Å². The van der Waals surface area contributed by atoms with Crippen LogP contribution in [0.2, 0.25) is 0 Å². The smallest absolute Gasteiger partial charge is 0.250 e. The SMILES string of the molecule is Fc1cccnc1O[C@@H]1CC[C@H]2[C@H]1OCCN2C1CCC1.